The molecule has 0 spiro atoms. The van der Waals surface area contributed by atoms with E-state index in [-0.39, 0.29) is 24.8 Å². The van der Waals surface area contributed by atoms with Gasteiger partial charge in [-0.1, -0.05) is 0 Å². The number of benzene rings is 4. The molecule has 4 aromatic rings. The van der Waals surface area contributed by atoms with Gasteiger partial charge in [0.25, 0.3) is 0 Å². The van der Waals surface area contributed by atoms with Gasteiger partial charge >= 0.3 is 301 Å². The van der Waals surface area contributed by atoms with Crippen molar-refractivity contribution in [1.29, 1.82) is 0 Å². The molecule has 264 valence electrons. The van der Waals surface area contributed by atoms with Crippen LogP contribution >= 0.6 is 0 Å². The Morgan fingerprint density at radius 3 is 1.20 bits per heavy atom. The molecule has 3 heteroatoms. The van der Waals surface area contributed by atoms with Crippen LogP contribution in [0.3, 0.4) is 0 Å². The quantitative estimate of drug-likeness (QED) is 0.159. The molecule has 1 saturated heterocycles. The first-order valence-electron chi connectivity index (χ1n) is 19.8. The summed E-state index contributed by atoms with van der Waals surface area (Å²) in [7, 11) is 0. The van der Waals surface area contributed by atoms with Crippen molar-refractivity contribution in [2.45, 2.75) is 109 Å². The Morgan fingerprint density at radius 1 is 0.490 bits per heavy atom. The molecule has 1 heterocycles. The normalized spacial score (nSPS) is 21.4. The van der Waals surface area contributed by atoms with E-state index in [0.717, 1.165) is 11.8 Å². The third kappa shape index (κ3) is 6.39. The first kappa shape index (κ1) is 37.0. The Morgan fingerprint density at radius 2 is 0.863 bits per heavy atom. The second-order valence-electron chi connectivity index (χ2n) is 17.0. The molecule has 0 radical (unpaired) electrons. The van der Waals surface area contributed by atoms with Gasteiger partial charge in [-0.05, 0) is 0 Å². The minimum absolute atomic E-state index is 0. The summed E-state index contributed by atoms with van der Waals surface area (Å²) in [6.45, 7) is 9.22. The van der Waals surface area contributed by atoms with E-state index < -0.39 is 16.6 Å². The van der Waals surface area contributed by atoms with Crippen LogP contribution in [0.2, 0.25) is 9.45 Å². The average molecular weight is 750 g/mol. The van der Waals surface area contributed by atoms with Crippen molar-refractivity contribution in [2.75, 3.05) is 0 Å². The van der Waals surface area contributed by atoms with Gasteiger partial charge < -0.3 is 24.8 Å². The molecule has 0 N–H and O–H groups in total. The van der Waals surface area contributed by atoms with Gasteiger partial charge in [-0.25, -0.2) is 0 Å². The number of rotatable bonds is 8. The van der Waals surface area contributed by atoms with Crippen LogP contribution in [0.4, 0.5) is 0 Å². The molecule has 0 bridgehead atoms. The Balaban J connectivity index is 0.00000203. The van der Waals surface area contributed by atoms with E-state index in [4.69, 9.17) is 0 Å². The monoisotopic (exact) mass is 748 g/mol. The smallest absolute Gasteiger partial charge is 1.00 e. The van der Waals surface area contributed by atoms with E-state index in [1.165, 1.54) is 94.2 Å². The third-order valence-electron chi connectivity index (χ3n) is 13.6. The Hall–Kier alpha value is -2.35. The molecule has 4 aliphatic carbocycles. The summed E-state index contributed by atoms with van der Waals surface area (Å²) in [4.78, 5) is 0. The number of allylic oxidation sites excluding steroid dienone is 2. The summed E-state index contributed by atoms with van der Waals surface area (Å²) in [5.74, 6) is 2.69. The molecule has 5 aliphatic rings. The van der Waals surface area contributed by atoms with Crippen LogP contribution in [0.15, 0.2) is 96.1 Å². The molecule has 51 heavy (non-hydrogen) atoms. The van der Waals surface area contributed by atoms with Gasteiger partial charge in [0.05, 0.1) is 0 Å². The molecule has 9 rings (SSSR count). The van der Waals surface area contributed by atoms with Crippen LogP contribution in [0.1, 0.15) is 133 Å². The van der Waals surface area contributed by atoms with Gasteiger partial charge in [0.1, 0.15) is 0 Å². The van der Waals surface area contributed by atoms with E-state index in [1.807, 2.05) is 11.1 Å². The van der Waals surface area contributed by atoms with E-state index in [0.29, 0.717) is 20.3 Å². The first-order chi connectivity index (χ1) is 23.9. The molecule has 2 saturated carbocycles. The summed E-state index contributed by atoms with van der Waals surface area (Å²) in [5, 5.41) is 0. The minimum Gasteiger partial charge on any atom is -1.00 e. The zero-order valence-corrected chi connectivity index (χ0v) is 34.1. The average Bonchev–Trinajstić information content (AvgIpc) is 3.65. The second kappa shape index (κ2) is 14.8. The van der Waals surface area contributed by atoms with Gasteiger partial charge in [0, 0.05) is 0 Å². The van der Waals surface area contributed by atoms with E-state index in [9.17, 15) is 0 Å². The van der Waals surface area contributed by atoms with Gasteiger partial charge in [-0.15, -0.1) is 0 Å². The first-order valence-corrected chi connectivity index (χ1v) is 23.8. The standard InChI is InChI=1S/2C23H25.C2H4.2ClH.Ti/c2*1-16(2)17-10-12-19(13-11-17)22-9-5-8-20-14-21(15-23(20)22)18-6-3-4-7-18;1-2;;;/h2*5,8-16,18H,3-4,6-7H2,1-2H3;1-2H2;2*1H;/q;;;;;+2/p-2. The van der Waals surface area contributed by atoms with Crippen LogP contribution in [0.5, 0.6) is 0 Å². The summed E-state index contributed by atoms with van der Waals surface area (Å²) in [5.41, 5.74) is 18.9. The van der Waals surface area contributed by atoms with Crippen LogP contribution in [0, 0.1) is 11.8 Å². The van der Waals surface area contributed by atoms with Gasteiger partial charge in [0.15, 0.2) is 0 Å². The zero-order valence-electron chi connectivity index (χ0n) is 31.0. The topological polar surface area (TPSA) is 0 Å². The Bertz CT molecular complexity index is 1790. The second-order valence-corrected chi connectivity index (χ2v) is 24.2. The van der Waals surface area contributed by atoms with Crippen molar-refractivity contribution < 1.29 is 41.4 Å². The maximum Gasteiger partial charge on any atom is -1.00 e. The third-order valence-corrected chi connectivity index (χ3v) is 21.8. The van der Waals surface area contributed by atoms with Gasteiger partial charge in [-0.3, -0.25) is 0 Å². The van der Waals surface area contributed by atoms with E-state index in [2.05, 4.69) is 125 Å². The van der Waals surface area contributed by atoms with Crippen LogP contribution in [0.25, 0.3) is 34.4 Å². The van der Waals surface area contributed by atoms with Crippen molar-refractivity contribution in [1.82, 2.24) is 0 Å². The molecule has 0 nitrogen and oxygen atoms in total. The predicted molar refractivity (Wildman–Crippen MR) is 207 cm³/mol. The van der Waals surface area contributed by atoms with Crippen LogP contribution in [-0.4, -0.2) is 0 Å². The fourth-order valence-electron chi connectivity index (χ4n) is 10.8. The van der Waals surface area contributed by atoms with Gasteiger partial charge in [0.2, 0.25) is 0 Å². The largest absolute Gasteiger partial charge is 1.00 e. The molecular weight excluding hydrogens is 695 g/mol. The summed E-state index contributed by atoms with van der Waals surface area (Å²) >= 11 is -2.50. The number of hydrogen-bond donors (Lipinski definition) is 0. The molecular formula is C48H54Cl2Ti. The fraction of sp³-hybridized carbons (Fsp3) is 0.417. The fourth-order valence-corrected chi connectivity index (χ4v) is 21.3. The SMILES string of the molecule is CC(C)c1ccc(-c2cccc3c2C=C(C2CCCC2)[CH]3[Ti+2]2([CH]3C(C4CCCC4)=Cc4c(-c5ccc(C(C)C)cc5)cccc43)[CH2][CH2]2)cc1.[Cl-].[Cl-]. The molecule has 2 atom stereocenters. The molecule has 2 unspecified atom stereocenters. The molecule has 1 aliphatic heterocycles. The Labute approximate surface area is 323 Å². The van der Waals surface area contributed by atoms with Crippen molar-refractivity contribution in [3.63, 3.8) is 0 Å². The number of halogens is 2. The predicted octanol–water partition coefficient (Wildman–Crippen LogP) is 8.24. The van der Waals surface area contributed by atoms with Crippen molar-refractivity contribution >= 4 is 12.2 Å². The zero-order chi connectivity index (χ0) is 33.3. The number of hydrogen-bond acceptors (Lipinski definition) is 0. The van der Waals surface area contributed by atoms with E-state index >= 15 is 0 Å². The summed E-state index contributed by atoms with van der Waals surface area (Å²) in [6.07, 6.45) is 16.8. The maximum atomic E-state index is 2.77. The maximum absolute atomic E-state index is 2.77. The molecule has 0 amide bonds. The summed E-state index contributed by atoms with van der Waals surface area (Å²) < 4.78 is 4.48. The molecule has 3 fully saturated rings. The van der Waals surface area contributed by atoms with Crippen molar-refractivity contribution in [2.24, 2.45) is 11.8 Å². The minimum atomic E-state index is -2.50. The Kier molecular flexibility index (Phi) is 10.8. The van der Waals surface area contributed by atoms with Gasteiger partial charge in [-0.2, -0.15) is 0 Å². The van der Waals surface area contributed by atoms with Crippen LogP contribution < -0.4 is 24.8 Å². The number of fused-ring (bicyclic) bond motifs is 2. The molecule has 4 aromatic carbocycles. The van der Waals surface area contributed by atoms with Crippen molar-refractivity contribution in [3.05, 3.63) is 129 Å². The van der Waals surface area contributed by atoms with Crippen LogP contribution in [-0.2, 0) is 16.6 Å². The van der Waals surface area contributed by atoms with E-state index in [1.54, 1.807) is 22.3 Å². The summed E-state index contributed by atoms with van der Waals surface area (Å²) in [6, 6.07) is 33.9. The van der Waals surface area contributed by atoms with Crippen molar-refractivity contribution in [3.8, 4) is 22.3 Å². The molecule has 0 aromatic heterocycles.